The number of aromatic nitrogens is 1. The highest BCUT2D eigenvalue weighted by molar-refractivity contribution is 8.03. The topological polar surface area (TPSA) is 65.8 Å². The molecule has 0 spiro atoms. The Kier molecular flexibility index (Phi) is 3.45. The van der Waals surface area contributed by atoms with Gasteiger partial charge in [0.15, 0.2) is 0 Å². The Morgan fingerprint density at radius 1 is 1.59 bits per heavy atom. The first-order valence-electron chi connectivity index (χ1n) is 5.22. The zero-order valence-electron chi connectivity index (χ0n) is 9.36. The monoisotopic (exact) mass is 245 g/mol. The number of rotatable bonds is 2. The summed E-state index contributed by atoms with van der Waals surface area (Å²) in [6.07, 6.45) is 0.720. The van der Waals surface area contributed by atoms with Crippen LogP contribution >= 0.6 is 11.8 Å². The Bertz CT molecular complexity index is 531. The van der Waals surface area contributed by atoms with E-state index < -0.39 is 0 Å². The Morgan fingerprint density at radius 3 is 3.12 bits per heavy atom. The molecule has 5 heteroatoms. The third-order valence-corrected chi connectivity index (χ3v) is 3.40. The maximum atomic E-state index is 11.9. The lowest BCUT2D eigenvalue weighted by molar-refractivity contribution is 0.0963. The van der Waals surface area contributed by atoms with Crippen molar-refractivity contribution in [3.05, 3.63) is 40.2 Å². The van der Waals surface area contributed by atoms with E-state index in [1.165, 1.54) is 11.8 Å². The second kappa shape index (κ2) is 5.02. The zero-order valence-corrected chi connectivity index (χ0v) is 10.2. The highest BCUT2D eigenvalue weighted by atomic mass is 32.2. The molecule has 0 radical (unpaired) electrons. The van der Waals surface area contributed by atoms with Gasteiger partial charge in [-0.2, -0.15) is 5.26 Å². The molecular weight excluding hydrogens is 234 g/mol. The van der Waals surface area contributed by atoms with Gasteiger partial charge in [0.2, 0.25) is 0 Å². The Morgan fingerprint density at radius 2 is 2.41 bits per heavy atom. The van der Waals surface area contributed by atoms with Gasteiger partial charge in [0, 0.05) is 11.4 Å². The maximum Gasteiger partial charge on any atom is 0.274 e. The molecule has 1 amide bonds. The van der Waals surface area contributed by atoms with Gasteiger partial charge in [-0.1, -0.05) is 6.07 Å². The van der Waals surface area contributed by atoms with Crippen LogP contribution in [0, 0.1) is 18.3 Å². The molecule has 0 fully saturated rings. The molecule has 2 rings (SSSR count). The maximum absolute atomic E-state index is 11.9. The van der Waals surface area contributed by atoms with Crippen molar-refractivity contribution < 1.29 is 4.79 Å². The number of thioether (sulfide) groups is 1. The summed E-state index contributed by atoms with van der Waals surface area (Å²) in [5, 5.41) is 12.3. The van der Waals surface area contributed by atoms with Crippen LogP contribution in [0.3, 0.4) is 0 Å². The van der Waals surface area contributed by atoms with Crippen LogP contribution in [0.15, 0.2) is 28.8 Å². The number of aryl methyl sites for hydroxylation is 1. The van der Waals surface area contributed by atoms with Crippen LogP contribution in [0.2, 0.25) is 0 Å². The minimum absolute atomic E-state index is 0.258. The average molecular weight is 245 g/mol. The Labute approximate surface area is 104 Å². The van der Waals surface area contributed by atoms with Gasteiger partial charge < -0.3 is 5.32 Å². The van der Waals surface area contributed by atoms with Crippen LogP contribution < -0.4 is 5.32 Å². The summed E-state index contributed by atoms with van der Waals surface area (Å²) < 4.78 is 0. The molecule has 1 N–H and O–H groups in total. The van der Waals surface area contributed by atoms with Gasteiger partial charge in [-0.05, 0) is 25.5 Å². The van der Waals surface area contributed by atoms with E-state index in [0.717, 1.165) is 17.9 Å². The lowest BCUT2D eigenvalue weighted by Crippen LogP contribution is -2.22. The van der Waals surface area contributed by atoms with Gasteiger partial charge in [0.25, 0.3) is 5.91 Å². The Hall–Kier alpha value is -1.80. The van der Waals surface area contributed by atoms with Crippen molar-refractivity contribution in [2.45, 2.75) is 13.3 Å². The predicted octanol–water partition coefficient (Wildman–Crippen LogP) is 1.99. The van der Waals surface area contributed by atoms with Gasteiger partial charge in [0.05, 0.1) is 16.7 Å². The first kappa shape index (κ1) is 11.7. The molecule has 86 valence electrons. The van der Waals surface area contributed by atoms with E-state index in [-0.39, 0.29) is 5.91 Å². The van der Waals surface area contributed by atoms with Crippen LogP contribution in [0.1, 0.15) is 22.6 Å². The molecule has 0 saturated carbocycles. The summed E-state index contributed by atoms with van der Waals surface area (Å²) in [6, 6.07) is 7.39. The van der Waals surface area contributed by atoms with Crippen molar-refractivity contribution in [1.82, 2.24) is 10.3 Å². The summed E-state index contributed by atoms with van der Waals surface area (Å²) in [7, 11) is 0. The van der Waals surface area contributed by atoms with E-state index in [2.05, 4.69) is 16.4 Å². The van der Waals surface area contributed by atoms with Gasteiger partial charge in [-0.25, -0.2) is 4.98 Å². The highest BCUT2D eigenvalue weighted by Crippen LogP contribution is 2.28. The molecule has 1 aliphatic heterocycles. The lowest BCUT2D eigenvalue weighted by atomic mass is 10.2. The standard InChI is InChI=1S/C12H11N3OS/c1-8-3-2-4-10(14-8)11(16)15-12-9(7-13)5-6-17-12/h2-4H,5-6H2,1H3,(H,15,16). The fraction of sp³-hybridized carbons (Fsp3) is 0.250. The molecule has 4 nitrogen and oxygen atoms in total. The Balaban J connectivity index is 2.15. The smallest absolute Gasteiger partial charge is 0.274 e. The number of pyridine rings is 1. The number of nitrogens with zero attached hydrogens (tertiary/aromatic N) is 2. The number of hydrogen-bond acceptors (Lipinski definition) is 4. The van der Waals surface area contributed by atoms with Crippen molar-refractivity contribution in [2.75, 3.05) is 5.75 Å². The van der Waals surface area contributed by atoms with E-state index in [4.69, 9.17) is 5.26 Å². The summed E-state index contributed by atoms with van der Waals surface area (Å²) in [5.74, 6) is 0.589. The number of carbonyl (C=O) groups excluding carboxylic acids is 1. The number of nitriles is 1. The fourth-order valence-electron chi connectivity index (χ4n) is 1.51. The molecule has 17 heavy (non-hydrogen) atoms. The van der Waals surface area contributed by atoms with Crippen molar-refractivity contribution in [2.24, 2.45) is 0 Å². The molecule has 1 aromatic rings. The van der Waals surface area contributed by atoms with Crippen molar-refractivity contribution in [3.8, 4) is 6.07 Å². The molecule has 0 unspecified atom stereocenters. The average Bonchev–Trinajstić information content (AvgIpc) is 2.76. The third-order valence-electron chi connectivity index (χ3n) is 2.36. The molecule has 0 atom stereocenters. The molecule has 0 aromatic carbocycles. The molecule has 0 aliphatic carbocycles. The van der Waals surface area contributed by atoms with Gasteiger partial charge in [-0.15, -0.1) is 11.8 Å². The predicted molar refractivity (Wildman–Crippen MR) is 66.2 cm³/mol. The molecule has 2 heterocycles. The first-order valence-corrected chi connectivity index (χ1v) is 6.20. The quantitative estimate of drug-likeness (QED) is 0.865. The fourth-order valence-corrected chi connectivity index (χ4v) is 2.51. The van der Waals surface area contributed by atoms with Gasteiger partial charge in [0.1, 0.15) is 5.69 Å². The van der Waals surface area contributed by atoms with Gasteiger partial charge in [-0.3, -0.25) is 4.79 Å². The van der Waals surface area contributed by atoms with E-state index in [1.807, 2.05) is 13.0 Å². The molecule has 1 aromatic heterocycles. The van der Waals surface area contributed by atoms with Crippen LogP contribution in [0.25, 0.3) is 0 Å². The van der Waals surface area contributed by atoms with E-state index >= 15 is 0 Å². The van der Waals surface area contributed by atoms with E-state index in [1.54, 1.807) is 12.1 Å². The van der Waals surface area contributed by atoms with Crippen molar-refractivity contribution in [1.29, 1.82) is 5.26 Å². The second-order valence-electron chi connectivity index (χ2n) is 3.64. The van der Waals surface area contributed by atoms with Crippen molar-refractivity contribution >= 4 is 17.7 Å². The lowest BCUT2D eigenvalue weighted by Gasteiger charge is -2.05. The number of hydrogen-bond donors (Lipinski definition) is 1. The van der Waals surface area contributed by atoms with Crippen LogP contribution in [-0.2, 0) is 0 Å². The van der Waals surface area contributed by atoms with Crippen LogP contribution in [-0.4, -0.2) is 16.6 Å². The van der Waals surface area contributed by atoms with E-state index in [9.17, 15) is 4.79 Å². The highest BCUT2D eigenvalue weighted by Gasteiger charge is 2.18. The number of amides is 1. The molecule has 0 bridgehead atoms. The third kappa shape index (κ3) is 2.66. The summed E-state index contributed by atoms with van der Waals surface area (Å²) in [4.78, 5) is 16.0. The van der Waals surface area contributed by atoms with E-state index in [0.29, 0.717) is 16.3 Å². The van der Waals surface area contributed by atoms with Crippen LogP contribution in [0.4, 0.5) is 0 Å². The molecular formula is C12H11N3OS. The largest absolute Gasteiger partial charge is 0.314 e. The van der Waals surface area contributed by atoms with Gasteiger partial charge >= 0.3 is 0 Å². The minimum atomic E-state index is -0.258. The SMILES string of the molecule is Cc1cccc(C(=O)NC2=C(C#N)CCS2)n1. The molecule has 1 aliphatic rings. The second-order valence-corrected chi connectivity index (χ2v) is 4.74. The van der Waals surface area contributed by atoms with Crippen LogP contribution in [0.5, 0.6) is 0 Å². The summed E-state index contributed by atoms with van der Waals surface area (Å²) in [5.41, 5.74) is 1.82. The number of nitrogens with one attached hydrogen (secondary N) is 1. The first-order chi connectivity index (χ1) is 8.20. The number of carbonyl (C=O) groups is 1. The number of allylic oxidation sites excluding steroid dienone is 1. The summed E-state index contributed by atoms with van der Waals surface area (Å²) >= 11 is 1.50. The minimum Gasteiger partial charge on any atom is -0.314 e. The normalized spacial score (nSPS) is 14.6. The van der Waals surface area contributed by atoms with Crippen molar-refractivity contribution in [3.63, 3.8) is 0 Å². The summed E-state index contributed by atoms with van der Waals surface area (Å²) in [6.45, 7) is 1.83. The molecule has 0 saturated heterocycles. The zero-order chi connectivity index (χ0) is 12.3.